The molecular formula is C21H32N4OS. The summed E-state index contributed by atoms with van der Waals surface area (Å²) in [4.78, 5) is 7.73. The van der Waals surface area contributed by atoms with Gasteiger partial charge in [-0.15, -0.1) is 11.3 Å². The van der Waals surface area contributed by atoms with Crippen molar-refractivity contribution in [2.45, 2.75) is 32.4 Å². The Labute approximate surface area is 167 Å². The molecule has 0 fully saturated rings. The van der Waals surface area contributed by atoms with Crippen LogP contribution >= 0.6 is 11.3 Å². The minimum atomic E-state index is -0.964. The second-order valence-corrected chi connectivity index (χ2v) is 8.17. The summed E-state index contributed by atoms with van der Waals surface area (Å²) in [7, 11) is 4.16. The van der Waals surface area contributed by atoms with Gasteiger partial charge in [0.2, 0.25) is 0 Å². The second kappa shape index (κ2) is 9.88. The molecule has 0 radical (unpaired) electrons. The van der Waals surface area contributed by atoms with E-state index in [1.54, 1.807) is 18.3 Å². The van der Waals surface area contributed by atoms with Crippen molar-refractivity contribution in [3.63, 3.8) is 0 Å². The monoisotopic (exact) mass is 388 g/mol. The normalized spacial score (nSPS) is 15.4. The quantitative estimate of drug-likeness (QED) is 0.480. The molecule has 2 atom stereocenters. The average Bonchev–Trinajstić information content (AvgIpc) is 3.16. The maximum Gasteiger partial charge on any atom is 0.191 e. The number of rotatable bonds is 8. The molecule has 3 N–H and O–H groups in total. The molecule has 2 rings (SSSR count). The molecule has 1 aromatic heterocycles. The zero-order valence-electron chi connectivity index (χ0n) is 17.0. The minimum Gasteiger partial charge on any atom is -0.383 e. The number of hydrogen-bond acceptors (Lipinski definition) is 4. The molecule has 0 bridgehead atoms. The molecule has 1 heterocycles. The van der Waals surface area contributed by atoms with Crippen LogP contribution in [-0.4, -0.2) is 49.7 Å². The van der Waals surface area contributed by atoms with Crippen molar-refractivity contribution in [1.29, 1.82) is 0 Å². The fraction of sp³-hybridized carbons (Fsp3) is 0.476. The number of aliphatic hydroxyl groups is 1. The molecule has 5 nitrogen and oxygen atoms in total. The smallest absolute Gasteiger partial charge is 0.191 e. The highest BCUT2D eigenvalue weighted by molar-refractivity contribution is 7.10. The third-order valence-electron chi connectivity index (χ3n) is 4.49. The molecule has 0 aliphatic heterocycles. The predicted octanol–water partition coefficient (Wildman–Crippen LogP) is 3.12. The first kappa shape index (κ1) is 21.4. The lowest BCUT2D eigenvalue weighted by molar-refractivity contribution is 0.0711. The fourth-order valence-electron chi connectivity index (χ4n) is 2.82. The van der Waals surface area contributed by atoms with Crippen LogP contribution in [0.1, 0.15) is 35.9 Å². The first-order valence-corrected chi connectivity index (χ1v) is 10.2. The zero-order valence-corrected chi connectivity index (χ0v) is 17.8. The van der Waals surface area contributed by atoms with E-state index in [2.05, 4.69) is 65.8 Å². The van der Waals surface area contributed by atoms with E-state index in [9.17, 15) is 5.11 Å². The van der Waals surface area contributed by atoms with Gasteiger partial charge in [0.05, 0.1) is 12.6 Å². The van der Waals surface area contributed by atoms with Gasteiger partial charge in [0.1, 0.15) is 5.60 Å². The highest BCUT2D eigenvalue weighted by Crippen LogP contribution is 2.25. The van der Waals surface area contributed by atoms with E-state index in [1.807, 2.05) is 24.4 Å². The zero-order chi connectivity index (χ0) is 19.9. The molecule has 0 saturated heterocycles. The lowest BCUT2D eigenvalue weighted by Gasteiger charge is -2.26. The molecule has 1 aromatic carbocycles. The molecule has 6 heteroatoms. The Balaban J connectivity index is 2.06. The molecule has 0 aliphatic rings. The Morgan fingerprint density at radius 3 is 2.48 bits per heavy atom. The lowest BCUT2D eigenvalue weighted by Crippen LogP contribution is -2.42. The van der Waals surface area contributed by atoms with Crippen LogP contribution in [-0.2, 0) is 5.60 Å². The van der Waals surface area contributed by atoms with Crippen LogP contribution in [0, 0.1) is 6.92 Å². The van der Waals surface area contributed by atoms with Gasteiger partial charge in [-0.25, -0.2) is 4.99 Å². The SMILES string of the molecule is CCNC(=NCC(C)(O)c1cccs1)NCC(c1ccc(C)cc1)N(C)C. The van der Waals surface area contributed by atoms with Crippen molar-refractivity contribution in [3.05, 3.63) is 57.8 Å². The third kappa shape index (κ3) is 6.34. The second-order valence-electron chi connectivity index (χ2n) is 7.22. The summed E-state index contributed by atoms with van der Waals surface area (Å²) in [6.45, 7) is 7.74. The van der Waals surface area contributed by atoms with Crippen molar-refractivity contribution in [3.8, 4) is 0 Å². The van der Waals surface area contributed by atoms with Crippen LogP contribution in [0.4, 0.5) is 0 Å². The number of likely N-dealkylation sites (N-methyl/N-ethyl adjacent to an activating group) is 1. The van der Waals surface area contributed by atoms with Crippen molar-refractivity contribution in [2.75, 3.05) is 33.7 Å². The van der Waals surface area contributed by atoms with Crippen molar-refractivity contribution >= 4 is 17.3 Å². The Bertz CT molecular complexity index is 708. The number of aliphatic imine (C=N–C) groups is 1. The maximum absolute atomic E-state index is 10.7. The molecule has 2 aromatic rings. The Kier molecular flexibility index (Phi) is 7.83. The average molecular weight is 389 g/mol. The van der Waals surface area contributed by atoms with Gasteiger partial charge in [-0.3, -0.25) is 0 Å². The van der Waals surface area contributed by atoms with Crippen LogP contribution in [0.3, 0.4) is 0 Å². The Hall–Kier alpha value is -1.89. The number of thiophene rings is 1. The summed E-state index contributed by atoms with van der Waals surface area (Å²) >= 11 is 1.55. The number of hydrogen-bond donors (Lipinski definition) is 3. The predicted molar refractivity (Wildman–Crippen MR) is 115 cm³/mol. The topological polar surface area (TPSA) is 59.9 Å². The number of guanidine groups is 1. The summed E-state index contributed by atoms with van der Waals surface area (Å²) in [6.07, 6.45) is 0. The highest BCUT2D eigenvalue weighted by atomic mass is 32.1. The van der Waals surface area contributed by atoms with Gasteiger partial charge in [-0.2, -0.15) is 0 Å². The van der Waals surface area contributed by atoms with E-state index < -0.39 is 5.60 Å². The summed E-state index contributed by atoms with van der Waals surface area (Å²) in [5.41, 5.74) is 1.56. The summed E-state index contributed by atoms with van der Waals surface area (Å²) in [5, 5.41) is 19.4. The van der Waals surface area contributed by atoms with Crippen molar-refractivity contribution in [2.24, 2.45) is 4.99 Å². The van der Waals surface area contributed by atoms with Gasteiger partial charge in [0.25, 0.3) is 0 Å². The van der Waals surface area contributed by atoms with E-state index in [4.69, 9.17) is 0 Å². The van der Waals surface area contributed by atoms with Gasteiger partial charge < -0.3 is 20.6 Å². The molecular weight excluding hydrogens is 356 g/mol. The van der Waals surface area contributed by atoms with Crippen LogP contribution < -0.4 is 10.6 Å². The first-order chi connectivity index (χ1) is 12.8. The summed E-state index contributed by atoms with van der Waals surface area (Å²) in [6, 6.07) is 12.8. The van der Waals surface area contributed by atoms with E-state index in [0.29, 0.717) is 12.5 Å². The molecule has 0 aliphatic carbocycles. The van der Waals surface area contributed by atoms with Gasteiger partial charge in [0.15, 0.2) is 5.96 Å². The minimum absolute atomic E-state index is 0.229. The van der Waals surface area contributed by atoms with E-state index in [1.165, 1.54) is 11.1 Å². The van der Waals surface area contributed by atoms with Crippen LogP contribution in [0.25, 0.3) is 0 Å². The standard InChI is InChI=1S/C21H32N4OS/c1-6-22-20(24-15-21(3,26)19-8-7-13-27-19)23-14-18(25(4)5)17-11-9-16(2)10-12-17/h7-13,18,26H,6,14-15H2,1-5H3,(H2,22,23,24). The van der Waals surface area contributed by atoms with Crippen molar-refractivity contribution < 1.29 is 5.11 Å². The van der Waals surface area contributed by atoms with E-state index in [0.717, 1.165) is 18.0 Å². The maximum atomic E-state index is 10.7. The molecule has 27 heavy (non-hydrogen) atoms. The largest absolute Gasteiger partial charge is 0.383 e. The Morgan fingerprint density at radius 2 is 1.93 bits per heavy atom. The van der Waals surface area contributed by atoms with Gasteiger partial charge in [0, 0.05) is 18.0 Å². The third-order valence-corrected chi connectivity index (χ3v) is 5.61. The number of nitrogens with zero attached hydrogens (tertiary/aromatic N) is 2. The number of benzene rings is 1. The van der Waals surface area contributed by atoms with E-state index in [-0.39, 0.29) is 6.04 Å². The number of nitrogens with one attached hydrogen (secondary N) is 2. The van der Waals surface area contributed by atoms with Gasteiger partial charge in [-0.1, -0.05) is 35.9 Å². The van der Waals surface area contributed by atoms with Gasteiger partial charge in [-0.05, 0) is 51.9 Å². The van der Waals surface area contributed by atoms with Gasteiger partial charge >= 0.3 is 0 Å². The lowest BCUT2D eigenvalue weighted by atomic mass is 10.0. The highest BCUT2D eigenvalue weighted by Gasteiger charge is 2.24. The summed E-state index contributed by atoms with van der Waals surface area (Å²) in [5.74, 6) is 0.716. The molecule has 0 spiro atoms. The first-order valence-electron chi connectivity index (χ1n) is 9.35. The number of aryl methyl sites for hydroxylation is 1. The van der Waals surface area contributed by atoms with Crippen molar-refractivity contribution in [1.82, 2.24) is 15.5 Å². The van der Waals surface area contributed by atoms with Crippen LogP contribution in [0.2, 0.25) is 0 Å². The molecule has 148 valence electrons. The molecule has 0 saturated carbocycles. The molecule has 0 amide bonds. The van der Waals surface area contributed by atoms with E-state index >= 15 is 0 Å². The summed E-state index contributed by atoms with van der Waals surface area (Å²) < 4.78 is 0. The Morgan fingerprint density at radius 1 is 1.22 bits per heavy atom. The van der Waals surface area contributed by atoms with Crippen LogP contribution in [0.15, 0.2) is 46.8 Å². The van der Waals surface area contributed by atoms with Crippen LogP contribution in [0.5, 0.6) is 0 Å². The fourth-order valence-corrected chi connectivity index (χ4v) is 3.60. The molecule has 2 unspecified atom stereocenters.